The van der Waals surface area contributed by atoms with Crippen LogP contribution < -0.4 is 5.32 Å². The third kappa shape index (κ3) is 3.35. The summed E-state index contributed by atoms with van der Waals surface area (Å²) >= 11 is 8.06. The molecule has 0 aliphatic rings. The lowest BCUT2D eigenvalue weighted by atomic mass is 10.2. The predicted octanol–water partition coefficient (Wildman–Crippen LogP) is 4.96. The minimum Gasteiger partial charge on any atom is -0.310 e. The zero-order valence-corrected chi connectivity index (χ0v) is 15.4. The Bertz CT molecular complexity index is 875. The first-order valence-electron chi connectivity index (χ1n) is 7.32. The van der Waals surface area contributed by atoms with Crippen molar-refractivity contribution in [1.82, 2.24) is 9.55 Å². The summed E-state index contributed by atoms with van der Waals surface area (Å²) in [6.45, 7) is 2.90. The number of fused-ring (bicyclic) bond motifs is 1. The largest absolute Gasteiger partial charge is 0.310 e. The molecule has 0 unspecified atom stereocenters. The summed E-state index contributed by atoms with van der Waals surface area (Å²) < 4.78 is 2.85. The van der Waals surface area contributed by atoms with E-state index in [1.54, 1.807) is 18.2 Å². The van der Waals surface area contributed by atoms with Gasteiger partial charge in [-0.2, -0.15) is 0 Å². The van der Waals surface area contributed by atoms with Gasteiger partial charge in [0.1, 0.15) is 0 Å². The zero-order valence-electron chi connectivity index (χ0n) is 12.5. The number of hydrogen-bond donors (Lipinski definition) is 1. The average Bonchev–Trinajstić information content (AvgIpc) is 2.85. The maximum Gasteiger partial charge on any atom is 0.259 e. The molecule has 0 fully saturated rings. The van der Waals surface area contributed by atoms with E-state index in [1.165, 1.54) is 0 Å². The molecule has 6 heteroatoms. The molecule has 0 saturated heterocycles. The Hall–Kier alpha value is -1.60. The van der Waals surface area contributed by atoms with Crippen molar-refractivity contribution in [2.45, 2.75) is 19.9 Å². The highest BCUT2D eigenvalue weighted by Crippen LogP contribution is 2.22. The highest BCUT2D eigenvalue weighted by atomic mass is 127. The highest BCUT2D eigenvalue weighted by Gasteiger charge is 2.15. The number of aromatic nitrogens is 2. The molecule has 0 saturated carbocycles. The van der Waals surface area contributed by atoms with Crippen LogP contribution in [-0.4, -0.2) is 15.5 Å². The summed E-state index contributed by atoms with van der Waals surface area (Å²) in [5, 5.41) is 3.54. The molecule has 1 heterocycles. The van der Waals surface area contributed by atoms with Gasteiger partial charge < -0.3 is 4.57 Å². The number of benzene rings is 2. The van der Waals surface area contributed by atoms with Gasteiger partial charge in [-0.25, -0.2) is 4.98 Å². The Morgan fingerprint density at radius 2 is 2.09 bits per heavy atom. The van der Waals surface area contributed by atoms with Crippen LogP contribution in [-0.2, 0) is 6.54 Å². The smallest absolute Gasteiger partial charge is 0.259 e. The van der Waals surface area contributed by atoms with Crippen LogP contribution in [0.15, 0.2) is 42.5 Å². The van der Waals surface area contributed by atoms with Gasteiger partial charge in [0, 0.05) is 15.1 Å². The number of nitrogens with one attached hydrogen (secondary N) is 1. The maximum absolute atomic E-state index is 12.6. The summed E-state index contributed by atoms with van der Waals surface area (Å²) in [4.78, 5) is 17.1. The second kappa shape index (κ2) is 6.88. The van der Waals surface area contributed by atoms with E-state index in [2.05, 4.69) is 39.8 Å². The predicted molar refractivity (Wildman–Crippen MR) is 102 cm³/mol. The Labute approximate surface area is 153 Å². The van der Waals surface area contributed by atoms with Gasteiger partial charge in [0.2, 0.25) is 5.95 Å². The number of carbonyl (C=O) groups is 1. The van der Waals surface area contributed by atoms with Crippen LogP contribution in [0.25, 0.3) is 11.0 Å². The zero-order chi connectivity index (χ0) is 16.4. The monoisotopic (exact) mass is 439 g/mol. The van der Waals surface area contributed by atoms with Crippen LogP contribution in [0.2, 0.25) is 5.02 Å². The standard InChI is InChI=1S/C17H15ClIN3O/c1-2-9-22-15-6-4-3-5-14(15)20-17(22)21-16(23)12-8-7-11(18)10-13(12)19/h3-8,10H,2,9H2,1H3,(H,20,21,23). The van der Waals surface area contributed by atoms with Crippen molar-refractivity contribution >= 4 is 57.1 Å². The normalized spacial score (nSPS) is 10.9. The van der Waals surface area contributed by atoms with Gasteiger partial charge >= 0.3 is 0 Å². The molecule has 3 aromatic rings. The Balaban J connectivity index is 1.97. The van der Waals surface area contributed by atoms with E-state index in [4.69, 9.17) is 11.6 Å². The molecular formula is C17H15ClIN3O. The molecule has 0 radical (unpaired) electrons. The third-order valence-electron chi connectivity index (χ3n) is 3.50. The quantitative estimate of drug-likeness (QED) is 0.584. The topological polar surface area (TPSA) is 46.9 Å². The molecule has 0 aliphatic carbocycles. The Morgan fingerprint density at radius 1 is 1.30 bits per heavy atom. The van der Waals surface area contributed by atoms with Crippen molar-refractivity contribution in [3.63, 3.8) is 0 Å². The number of carbonyl (C=O) groups excluding carboxylic acids is 1. The number of nitrogens with zero attached hydrogens (tertiary/aromatic N) is 2. The SMILES string of the molecule is CCCn1c(NC(=O)c2ccc(Cl)cc2I)nc2ccccc21. The van der Waals surface area contributed by atoms with Crippen molar-refractivity contribution in [1.29, 1.82) is 0 Å². The fourth-order valence-electron chi connectivity index (χ4n) is 2.46. The molecule has 23 heavy (non-hydrogen) atoms. The molecule has 4 nitrogen and oxygen atoms in total. The second-order valence-corrected chi connectivity index (χ2v) is 6.75. The van der Waals surface area contributed by atoms with Crippen LogP contribution in [0, 0.1) is 3.57 Å². The van der Waals surface area contributed by atoms with Crippen LogP contribution in [0.4, 0.5) is 5.95 Å². The summed E-state index contributed by atoms with van der Waals surface area (Å²) in [6.07, 6.45) is 0.960. The van der Waals surface area contributed by atoms with Gasteiger partial charge in [-0.15, -0.1) is 0 Å². The van der Waals surface area contributed by atoms with E-state index < -0.39 is 0 Å². The van der Waals surface area contributed by atoms with Crippen LogP contribution in [0.1, 0.15) is 23.7 Å². The number of halogens is 2. The number of para-hydroxylation sites is 2. The summed E-state index contributed by atoms with van der Waals surface area (Å²) in [5.41, 5.74) is 2.49. The average molecular weight is 440 g/mol. The molecular weight excluding hydrogens is 425 g/mol. The molecule has 0 aliphatic heterocycles. The number of amides is 1. The summed E-state index contributed by atoms with van der Waals surface area (Å²) in [5.74, 6) is 0.391. The third-order valence-corrected chi connectivity index (χ3v) is 4.63. The van der Waals surface area contributed by atoms with Crippen LogP contribution in [0.3, 0.4) is 0 Å². The van der Waals surface area contributed by atoms with Crippen LogP contribution in [0.5, 0.6) is 0 Å². The number of imidazole rings is 1. The molecule has 1 aromatic heterocycles. The number of anilines is 1. The van der Waals surface area contributed by atoms with Gasteiger partial charge in [0.05, 0.1) is 16.6 Å². The van der Waals surface area contributed by atoms with Crippen molar-refractivity contribution in [3.8, 4) is 0 Å². The van der Waals surface area contributed by atoms with Crippen molar-refractivity contribution in [2.75, 3.05) is 5.32 Å². The molecule has 2 aromatic carbocycles. The lowest BCUT2D eigenvalue weighted by Crippen LogP contribution is -2.17. The molecule has 1 N–H and O–H groups in total. The summed E-state index contributed by atoms with van der Waals surface area (Å²) in [6, 6.07) is 13.1. The lowest BCUT2D eigenvalue weighted by molar-refractivity contribution is 0.102. The number of hydrogen-bond acceptors (Lipinski definition) is 2. The number of rotatable bonds is 4. The minimum atomic E-state index is -0.182. The Morgan fingerprint density at radius 3 is 2.83 bits per heavy atom. The first-order chi connectivity index (χ1) is 11.1. The van der Waals surface area contributed by atoms with E-state index in [-0.39, 0.29) is 5.91 Å². The van der Waals surface area contributed by atoms with Crippen molar-refractivity contribution < 1.29 is 4.79 Å². The van der Waals surface area contributed by atoms with E-state index in [9.17, 15) is 4.79 Å². The van der Waals surface area contributed by atoms with Gasteiger partial charge in [0.15, 0.2) is 0 Å². The minimum absolute atomic E-state index is 0.182. The fourth-order valence-corrected chi connectivity index (χ4v) is 3.58. The van der Waals surface area contributed by atoms with Gasteiger partial charge in [-0.3, -0.25) is 10.1 Å². The molecule has 3 rings (SSSR count). The maximum atomic E-state index is 12.6. The molecule has 118 valence electrons. The van der Waals surface area contributed by atoms with Gasteiger partial charge in [-0.05, 0) is 59.3 Å². The van der Waals surface area contributed by atoms with Crippen molar-refractivity contribution in [3.05, 3.63) is 56.6 Å². The van der Waals surface area contributed by atoms with Gasteiger partial charge in [-0.1, -0.05) is 30.7 Å². The highest BCUT2D eigenvalue weighted by molar-refractivity contribution is 14.1. The van der Waals surface area contributed by atoms with Crippen molar-refractivity contribution in [2.24, 2.45) is 0 Å². The second-order valence-electron chi connectivity index (χ2n) is 5.15. The first kappa shape index (κ1) is 16.3. The van der Waals surface area contributed by atoms with Crippen LogP contribution >= 0.6 is 34.2 Å². The summed E-state index contributed by atoms with van der Waals surface area (Å²) in [7, 11) is 0. The Kier molecular flexibility index (Phi) is 4.87. The molecule has 0 bridgehead atoms. The molecule has 0 atom stereocenters. The lowest BCUT2D eigenvalue weighted by Gasteiger charge is -2.10. The van der Waals surface area contributed by atoms with Gasteiger partial charge in [0.25, 0.3) is 5.91 Å². The van der Waals surface area contributed by atoms with E-state index in [0.29, 0.717) is 16.5 Å². The van der Waals surface area contributed by atoms with E-state index >= 15 is 0 Å². The fraction of sp³-hybridized carbons (Fsp3) is 0.176. The molecule has 0 spiro atoms. The number of aryl methyl sites for hydroxylation is 1. The first-order valence-corrected chi connectivity index (χ1v) is 8.77. The van der Waals surface area contributed by atoms with E-state index in [1.807, 2.05) is 28.8 Å². The van der Waals surface area contributed by atoms with E-state index in [0.717, 1.165) is 27.6 Å². The molecule has 1 amide bonds.